The predicted molar refractivity (Wildman–Crippen MR) is 102 cm³/mol. The maximum Gasteiger partial charge on any atom is 0.199 e. The van der Waals surface area contributed by atoms with E-state index in [0.717, 1.165) is 60.2 Å². The first-order valence-corrected chi connectivity index (χ1v) is 9.83. The van der Waals surface area contributed by atoms with Crippen LogP contribution >= 0.6 is 12.2 Å². The number of para-hydroxylation sites is 2. The maximum atomic E-state index is 6.01. The summed E-state index contributed by atoms with van der Waals surface area (Å²) in [6, 6.07) is 8.56. The Balaban J connectivity index is 1.34. The molecule has 1 aliphatic heterocycles. The van der Waals surface area contributed by atoms with Gasteiger partial charge < -0.3 is 8.98 Å². The smallest absolute Gasteiger partial charge is 0.199 e. The number of nitrogens with zero attached hydrogens (tertiary/aromatic N) is 5. The quantitative estimate of drug-likeness (QED) is 0.650. The summed E-state index contributed by atoms with van der Waals surface area (Å²) < 4.78 is 11.1. The van der Waals surface area contributed by atoms with E-state index in [0.29, 0.717) is 12.0 Å². The van der Waals surface area contributed by atoms with Crippen molar-refractivity contribution in [3.63, 3.8) is 0 Å². The lowest BCUT2D eigenvalue weighted by molar-refractivity contribution is 0.147. The molecule has 3 aromatic rings. The Morgan fingerprint density at radius 1 is 1.23 bits per heavy atom. The first-order chi connectivity index (χ1) is 12.7. The standard InChI is InChI=1S/C19H23N5OS/c1-13-21-23(19(26)24(13)15-8-9-15)12-22-10-4-5-14(11-22)18-20-16-6-2-3-7-17(16)25-18/h2-3,6-7,14-15H,4-5,8-12H2,1H3/t14-/m0/s1. The lowest BCUT2D eigenvalue weighted by atomic mass is 9.98. The molecular weight excluding hydrogens is 346 g/mol. The average Bonchev–Trinajstić information content (AvgIpc) is 3.31. The molecule has 0 spiro atoms. The van der Waals surface area contributed by atoms with Crippen LogP contribution in [-0.4, -0.2) is 37.3 Å². The van der Waals surface area contributed by atoms with E-state index in [2.05, 4.69) is 16.4 Å². The lowest BCUT2D eigenvalue weighted by Crippen LogP contribution is -2.36. The molecule has 0 N–H and O–H groups in total. The minimum absolute atomic E-state index is 0.330. The van der Waals surface area contributed by atoms with Crippen molar-refractivity contribution in [2.24, 2.45) is 0 Å². The number of oxazole rings is 1. The van der Waals surface area contributed by atoms with Gasteiger partial charge in [0.25, 0.3) is 0 Å². The van der Waals surface area contributed by atoms with Crippen LogP contribution in [0.3, 0.4) is 0 Å². The van der Waals surface area contributed by atoms with E-state index in [4.69, 9.17) is 26.7 Å². The van der Waals surface area contributed by atoms with Gasteiger partial charge in [-0.3, -0.25) is 4.90 Å². The highest BCUT2D eigenvalue weighted by molar-refractivity contribution is 7.71. The van der Waals surface area contributed by atoms with E-state index < -0.39 is 0 Å². The van der Waals surface area contributed by atoms with Gasteiger partial charge in [0.2, 0.25) is 0 Å². The number of aryl methyl sites for hydroxylation is 1. The highest BCUT2D eigenvalue weighted by Crippen LogP contribution is 2.36. The summed E-state index contributed by atoms with van der Waals surface area (Å²) in [6.07, 6.45) is 4.71. The highest BCUT2D eigenvalue weighted by atomic mass is 32.1. The first-order valence-electron chi connectivity index (χ1n) is 9.43. The summed E-state index contributed by atoms with van der Waals surface area (Å²) in [6.45, 7) is 4.80. The van der Waals surface area contributed by atoms with Crippen molar-refractivity contribution in [3.05, 3.63) is 40.8 Å². The molecule has 6 nitrogen and oxygen atoms in total. The molecule has 3 heterocycles. The van der Waals surface area contributed by atoms with Crippen LogP contribution < -0.4 is 0 Å². The molecule has 2 aliphatic rings. The summed E-state index contributed by atoms with van der Waals surface area (Å²) in [4.78, 5) is 7.12. The molecule has 2 fully saturated rings. The van der Waals surface area contributed by atoms with E-state index >= 15 is 0 Å². The molecule has 1 aromatic carbocycles. The van der Waals surface area contributed by atoms with Gasteiger partial charge in [-0.25, -0.2) is 9.67 Å². The molecule has 0 amide bonds. The lowest BCUT2D eigenvalue weighted by Gasteiger charge is -2.30. The third kappa shape index (κ3) is 2.89. The maximum absolute atomic E-state index is 6.01. The summed E-state index contributed by atoms with van der Waals surface area (Å²) >= 11 is 5.67. The van der Waals surface area contributed by atoms with Crippen LogP contribution in [0.1, 0.15) is 49.4 Å². The topological polar surface area (TPSA) is 52.0 Å². The minimum Gasteiger partial charge on any atom is -0.440 e. The summed E-state index contributed by atoms with van der Waals surface area (Å²) in [5, 5.41) is 4.69. The molecule has 5 rings (SSSR count). The van der Waals surface area contributed by atoms with Crippen molar-refractivity contribution >= 4 is 23.3 Å². The summed E-state index contributed by atoms with van der Waals surface area (Å²) in [5.41, 5.74) is 1.82. The number of hydrogen-bond donors (Lipinski definition) is 0. The van der Waals surface area contributed by atoms with Crippen molar-refractivity contribution in [1.29, 1.82) is 0 Å². The Morgan fingerprint density at radius 2 is 2.08 bits per heavy atom. The van der Waals surface area contributed by atoms with Crippen LogP contribution in [-0.2, 0) is 6.67 Å². The molecule has 0 bridgehead atoms. The van der Waals surface area contributed by atoms with Crippen molar-refractivity contribution in [3.8, 4) is 0 Å². The molecule has 1 saturated heterocycles. The second-order valence-electron chi connectivity index (χ2n) is 7.51. The minimum atomic E-state index is 0.330. The number of benzene rings is 1. The van der Waals surface area contributed by atoms with Crippen molar-refractivity contribution < 1.29 is 4.42 Å². The Hall–Kier alpha value is -1.99. The molecule has 7 heteroatoms. The molecule has 136 valence electrons. The van der Waals surface area contributed by atoms with Crippen molar-refractivity contribution in [2.75, 3.05) is 13.1 Å². The summed E-state index contributed by atoms with van der Waals surface area (Å²) in [5.74, 6) is 2.22. The molecule has 1 saturated carbocycles. The Labute approximate surface area is 157 Å². The number of piperidine rings is 1. The van der Waals surface area contributed by atoms with Crippen molar-refractivity contribution in [1.82, 2.24) is 24.2 Å². The third-order valence-electron chi connectivity index (χ3n) is 5.45. The van der Waals surface area contributed by atoms with Crippen LogP contribution in [0.15, 0.2) is 28.7 Å². The van der Waals surface area contributed by atoms with Gasteiger partial charge in [0.05, 0.1) is 6.67 Å². The van der Waals surface area contributed by atoms with E-state index in [1.54, 1.807) is 0 Å². The third-order valence-corrected chi connectivity index (χ3v) is 5.86. The van der Waals surface area contributed by atoms with Gasteiger partial charge in [0.15, 0.2) is 16.2 Å². The zero-order chi connectivity index (χ0) is 17.7. The van der Waals surface area contributed by atoms with E-state index in [-0.39, 0.29) is 0 Å². The Kier molecular flexibility index (Phi) is 3.94. The number of hydrogen-bond acceptors (Lipinski definition) is 5. The second-order valence-corrected chi connectivity index (χ2v) is 7.87. The first kappa shape index (κ1) is 16.2. The molecule has 0 unspecified atom stereocenters. The van der Waals surface area contributed by atoms with Crippen LogP contribution in [0.25, 0.3) is 11.1 Å². The highest BCUT2D eigenvalue weighted by Gasteiger charge is 2.29. The Morgan fingerprint density at radius 3 is 2.88 bits per heavy atom. The fraction of sp³-hybridized carbons (Fsp3) is 0.526. The van der Waals surface area contributed by atoms with Gasteiger partial charge >= 0.3 is 0 Å². The van der Waals surface area contributed by atoms with Crippen LogP contribution in [0.4, 0.5) is 0 Å². The molecular formula is C19H23N5OS. The number of rotatable bonds is 4. The number of aromatic nitrogens is 4. The Bertz CT molecular complexity index is 966. The van der Waals surface area contributed by atoms with E-state index in [1.165, 1.54) is 12.8 Å². The molecule has 26 heavy (non-hydrogen) atoms. The van der Waals surface area contributed by atoms with Crippen LogP contribution in [0, 0.1) is 11.7 Å². The fourth-order valence-corrected chi connectivity index (χ4v) is 4.39. The van der Waals surface area contributed by atoms with Gasteiger partial charge in [0.1, 0.15) is 11.3 Å². The van der Waals surface area contributed by atoms with Gasteiger partial charge in [-0.2, -0.15) is 5.10 Å². The van der Waals surface area contributed by atoms with Gasteiger partial charge in [-0.05, 0) is 63.5 Å². The zero-order valence-electron chi connectivity index (χ0n) is 15.0. The van der Waals surface area contributed by atoms with Crippen LogP contribution in [0.2, 0.25) is 0 Å². The molecule has 2 aromatic heterocycles. The summed E-state index contributed by atoms with van der Waals surface area (Å²) in [7, 11) is 0. The van der Waals surface area contributed by atoms with Crippen molar-refractivity contribution in [2.45, 2.75) is 51.2 Å². The average molecular weight is 369 g/mol. The largest absolute Gasteiger partial charge is 0.440 e. The van der Waals surface area contributed by atoms with E-state index in [1.807, 2.05) is 28.9 Å². The number of fused-ring (bicyclic) bond motifs is 1. The number of likely N-dealkylation sites (tertiary alicyclic amines) is 1. The van der Waals surface area contributed by atoms with Gasteiger partial charge in [-0.1, -0.05) is 12.1 Å². The second kappa shape index (κ2) is 6.32. The van der Waals surface area contributed by atoms with Crippen LogP contribution in [0.5, 0.6) is 0 Å². The molecule has 1 aliphatic carbocycles. The van der Waals surface area contributed by atoms with Gasteiger partial charge in [-0.15, -0.1) is 0 Å². The molecule has 1 atom stereocenters. The normalized spacial score (nSPS) is 21.5. The monoisotopic (exact) mass is 369 g/mol. The predicted octanol–water partition coefficient (Wildman–Crippen LogP) is 4.04. The van der Waals surface area contributed by atoms with E-state index in [9.17, 15) is 0 Å². The fourth-order valence-electron chi connectivity index (χ4n) is 4.01. The van der Waals surface area contributed by atoms with Gasteiger partial charge in [0, 0.05) is 18.5 Å². The zero-order valence-corrected chi connectivity index (χ0v) is 15.8. The SMILES string of the molecule is Cc1nn(CN2CCC[C@H](c3nc4ccccc4o3)C2)c(=S)n1C1CC1. The molecule has 0 radical (unpaired) electrons.